The maximum atomic E-state index is 12.2. The molecule has 0 saturated heterocycles. The van der Waals surface area contributed by atoms with Crippen LogP contribution in [0.5, 0.6) is 0 Å². The lowest BCUT2D eigenvalue weighted by Gasteiger charge is -2.13. The van der Waals surface area contributed by atoms with E-state index in [2.05, 4.69) is 11.6 Å². The molecule has 2 atom stereocenters. The highest BCUT2D eigenvalue weighted by Gasteiger charge is 2.24. The van der Waals surface area contributed by atoms with Crippen molar-refractivity contribution < 1.29 is 8.42 Å². The number of nitrogens with one attached hydrogen (secondary N) is 1. The summed E-state index contributed by atoms with van der Waals surface area (Å²) >= 11 is 0. The lowest BCUT2D eigenvalue weighted by molar-refractivity contribution is 0.498. The van der Waals surface area contributed by atoms with Crippen molar-refractivity contribution in [3.63, 3.8) is 0 Å². The third-order valence-corrected chi connectivity index (χ3v) is 5.29. The molecule has 1 saturated carbocycles. The predicted octanol–water partition coefficient (Wildman–Crippen LogP) is 1.85. The Morgan fingerprint density at radius 1 is 1.45 bits per heavy atom. The van der Waals surface area contributed by atoms with Crippen molar-refractivity contribution in [3.8, 4) is 6.07 Å². The summed E-state index contributed by atoms with van der Waals surface area (Å²) in [7, 11) is -3.61. The molecule has 3 N–H and O–H groups in total. The van der Waals surface area contributed by atoms with Gasteiger partial charge >= 0.3 is 0 Å². The van der Waals surface area contributed by atoms with Crippen LogP contribution in [-0.4, -0.2) is 15.0 Å². The molecule has 20 heavy (non-hydrogen) atoms. The average molecular weight is 293 g/mol. The summed E-state index contributed by atoms with van der Waals surface area (Å²) in [5.74, 6) is 1.07. The van der Waals surface area contributed by atoms with Gasteiger partial charge in [-0.3, -0.25) is 0 Å². The summed E-state index contributed by atoms with van der Waals surface area (Å²) in [5.41, 5.74) is 6.18. The lowest BCUT2D eigenvalue weighted by Crippen LogP contribution is -2.29. The summed E-state index contributed by atoms with van der Waals surface area (Å²) < 4.78 is 27.1. The van der Waals surface area contributed by atoms with Gasteiger partial charge in [-0.05, 0) is 42.9 Å². The van der Waals surface area contributed by atoms with E-state index < -0.39 is 10.0 Å². The summed E-state index contributed by atoms with van der Waals surface area (Å²) in [6, 6.07) is 6.16. The molecule has 5 nitrogen and oxygen atoms in total. The number of anilines is 1. The Labute approximate surface area is 119 Å². The minimum absolute atomic E-state index is 0.0440. The van der Waals surface area contributed by atoms with Gasteiger partial charge in [-0.25, -0.2) is 13.1 Å². The molecule has 0 spiro atoms. The van der Waals surface area contributed by atoms with Crippen LogP contribution >= 0.6 is 0 Å². The van der Waals surface area contributed by atoms with E-state index in [1.807, 2.05) is 6.07 Å². The second-order valence-electron chi connectivity index (χ2n) is 5.50. The first kappa shape index (κ1) is 14.8. The Kier molecular flexibility index (Phi) is 4.31. The fraction of sp³-hybridized carbons (Fsp3) is 0.500. The second-order valence-corrected chi connectivity index (χ2v) is 7.24. The molecule has 6 heteroatoms. The van der Waals surface area contributed by atoms with Gasteiger partial charge < -0.3 is 5.73 Å². The van der Waals surface area contributed by atoms with E-state index in [0.29, 0.717) is 23.9 Å². The Bertz CT molecular complexity index is 634. The number of nitrogens with zero attached hydrogens (tertiary/aromatic N) is 1. The van der Waals surface area contributed by atoms with Gasteiger partial charge in [-0.1, -0.05) is 13.3 Å². The number of nitrogen functional groups attached to an aromatic ring is 1. The van der Waals surface area contributed by atoms with Gasteiger partial charge in [0.05, 0.1) is 17.3 Å². The predicted molar refractivity (Wildman–Crippen MR) is 77.3 cm³/mol. The maximum Gasteiger partial charge on any atom is 0.242 e. The summed E-state index contributed by atoms with van der Waals surface area (Å²) in [5, 5.41) is 8.76. The SMILES string of the molecule is CC1CCC(CNS(=O)(=O)c2ccc(C#N)cc2N)C1. The Hall–Kier alpha value is -1.58. The van der Waals surface area contributed by atoms with Gasteiger partial charge in [0.15, 0.2) is 0 Å². The van der Waals surface area contributed by atoms with Crippen molar-refractivity contribution in [1.29, 1.82) is 5.26 Å². The molecular weight excluding hydrogens is 274 g/mol. The molecule has 0 heterocycles. The number of nitriles is 1. The van der Waals surface area contributed by atoms with Crippen molar-refractivity contribution in [2.24, 2.45) is 11.8 Å². The van der Waals surface area contributed by atoms with Crippen LogP contribution in [0.2, 0.25) is 0 Å². The first-order valence-corrected chi connectivity index (χ1v) is 8.20. The van der Waals surface area contributed by atoms with Crippen LogP contribution in [0.3, 0.4) is 0 Å². The topological polar surface area (TPSA) is 96.0 Å². The van der Waals surface area contributed by atoms with E-state index in [9.17, 15) is 8.42 Å². The van der Waals surface area contributed by atoms with E-state index >= 15 is 0 Å². The maximum absolute atomic E-state index is 12.2. The van der Waals surface area contributed by atoms with Crippen LogP contribution in [-0.2, 0) is 10.0 Å². The third-order valence-electron chi connectivity index (χ3n) is 3.79. The zero-order chi connectivity index (χ0) is 14.8. The van der Waals surface area contributed by atoms with Gasteiger partial charge in [0.25, 0.3) is 0 Å². The van der Waals surface area contributed by atoms with Crippen LogP contribution in [0.25, 0.3) is 0 Å². The molecule has 108 valence electrons. The van der Waals surface area contributed by atoms with Crippen LogP contribution in [0.4, 0.5) is 5.69 Å². The molecule has 0 bridgehead atoms. The molecule has 0 amide bonds. The van der Waals surface area contributed by atoms with E-state index in [0.717, 1.165) is 19.3 Å². The van der Waals surface area contributed by atoms with Crippen LogP contribution in [0.1, 0.15) is 31.7 Å². The molecule has 1 aliphatic carbocycles. The van der Waals surface area contributed by atoms with Gasteiger partial charge in [-0.2, -0.15) is 5.26 Å². The minimum atomic E-state index is -3.61. The van der Waals surface area contributed by atoms with Crippen molar-refractivity contribution >= 4 is 15.7 Å². The second kappa shape index (κ2) is 5.81. The monoisotopic (exact) mass is 293 g/mol. The van der Waals surface area contributed by atoms with Crippen molar-refractivity contribution in [1.82, 2.24) is 4.72 Å². The number of sulfonamides is 1. The Morgan fingerprint density at radius 3 is 2.75 bits per heavy atom. The zero-order valence-electron chi connectivity index (χ0n) is 11.5. The molecule has 1 aliphatic rings. The fourth-order valence-electron chi connectivity index (χ4n) is 2.68. The molecule has 1 aromatic rings. The number of benzene rings is 1. The highest BCUT2D eigenvalue weighted by atomic mass is 32.2. The molecule has 0 aliphatic heterocycles. The highest BCUT2D eigenvalue weighted by Crippen LogP contribution is 2.30. The number of rotatable bonds is 4. The fourth-order valence-corrected chi connectivity index (χ4v) is 3.91. The van der Waals surface area contributed by atoms with Crippen LogP contribution in [0.15, 0.2) is 23.1 Å². The summed E-state index contributed by atoms with van der Waals surface area (Å²) in [4.78, 5) is 0.0440. The van der Waals surface area contributed by atoms with Gasteiger partial charge in [-0.15, -0.1) is 0 Å². The highest BCUT2D eigenvalue weighted by molar-refractivity contribution is 7.89. The number of hydrogen-bond acceptors (Lipinski definition) is 4. The van der Waals surface area contributed by atoms with Gasteiger partial charge in [0.2, 0.25) is 10.0 Å². The normalized spacial score (nSPS) is 22.6. The molecule has 0 radical (unpaired) electrons. The standard InChI is InChI=1S/C14H19N3O2S/c1-10-2-3-12(6-10)9-17-20(18,19)14-5-4-11(8-15)7-13(14)16/h4-5,7,10,12,17H,2-3,6,9,16H2,1H3. The Morgan fingerprint density at radius 2 is 2.20 bits per heavy atom. The first-order chi connectivity index (χ1) is 9.42. The van der Waals surface area contributed by atoms with E-state index in [4.69, 9.17) is 11.0 Å². The molecule has 2 rings (SSSR count). The van der Waals surface area contributed by atoms with E-state index in [1.165, 1.54) is 18.2 Å². The summed E-state index contributed by atoms with van der Waals surface area (Å²) in [6.07, 6.45) is 3.28. The molecular formula is C14H19N3O2S. The summed E-state index contributed by atoms with van der Waals surface area (Å²) in [6.45, 7) is 2.64. The first-order valence-electron chi connectivity index (χ1n) is 6.71. The Balaban J connectivity index is 2.09. The van der Waals surface area contributed by atoms with Crippen LogP contribution < -0.4 is 10.5 Å². The van der Waals surface area contributed by atoms with E-state index in [1.54, 1.807) is 0 Å². The van der Waals surface area contributed by atoms with Crippen molar-refractivity contribution in [2.45, 2.75) is 31.1 Å². The van der Waals surface area contributed by atoms with Crippen molar-refractivity contribution in [3.05, 3.63) is 23.8 Å². The molecule has 0 aromatic heterocycles. The third kappa shape index (κ3) is 3.30. The van der Waals surface area contributed by atoms with Gasteiger partial charge in [0.1, 0.15) is 4.90 Å². The van der Waals surface area contributed by atoms with Crippen molar-refractivity contribution in [2.75, 3.05) is 12.3 Å². The van der Waals surface area contributed by atoms with Gasteiger partial charge in [0, 0.05) is 6.54 Å². The number of hydrogen-bond donors (Lipinski definition) is 2. The lowest BCUT2D eigenvalue weighted by atomic mass is 10.1. The molecule has 2 unspecified atom stereocenters. The molecule has 1 aromatic carbocycles. The smallest absolute Gasteiger partial charge is 0.242 e. The largest absolute Gasteiger partial charge is 0.398 e. The zero-order valence-corrected chi connectivity index (χ0v) is 12.3. The quantitative estimate of drug-likeness (QED) is 0.828. The van der Waals surface area contributed by atoms with Crippen LogP contribution in [0, 0.1) is 23.2 Å². The average Bonchev–Trinajstić information content (AvgIpc) is 2.82. The minimum Gasteiger partial charge on any atom is -0.398 e. The van der Waals surface area contributed by atoms with E-state index in [-0.39, 0.29) is 10.6 Å². The molecule has 1 fully saturated rings. The number of nitrogens with two attached hydrogens (primary N) is 1.